The number of aromatic amines is 1. The van der Waals surface area contributed by atoms with Crippen molar-refractivity contribution >= 4 is 51.3 Å². The number of nitrogens with one attached hydrogen (secondary N) is 2. The number of hydrogen-bond acceptors (Lipinski definition) is 6. The van der Waals surface area contributed by atoms with E-state index in [2.05, 4.69) is 32.4 Å². The summed E-state index contributed by atoms with van der Waals surface area (Å²) in [5.41, 5.74) is 5.45. The standard InChI is InChI=1S/C28H27ClN6O2/c1-35(33-27(37)14-18-17-30-23-9-7-20(36)16-22(18)23)12-10-34(11-13-35)28-21-4-2-3-5-24(21)31-25-8-6-19(29)15-26(25)32-28/h2-9,15-17,30H,10-14H2,1H3,(H2-,31,32,33,36,37). The minimum absolute atomic E-state index is 0.176. The van der Waals surface area contributed by atoms with Crippen molar-refractivity contribution in [3.05, 3.63) is 83.0 Å². The molecule has 8 nitrogen and oxygen atoms in total. The molecule has 0 unspecified atom stereocenters. The fraction of sp³-hybridized carbons (Fsp3) is 0.214. The lowest BCUT2D eigenvalue weighted by molar-refractivity contribution is -0.920. The third-order valence-corrected chi connectivity index (χ3v) is 7.31. The summed E-state index contributed by atoms with van der Waals surface area (Å²) in [6.45, 7) is 2.77. The minimum Gasteiger partial charge on any atom is -0.858 e. The quantitative estimate of drug-likeness (QED) is 0.215. The lowest BCUT2D eigenvalue weighted by Crippen LogP contribution is -2.56. The Bertz CT molecular complexity index is 1550. The van der Waals surface area contributed by atoms with Gasteiger partial charge in [-0.3, -0.25) is 0 Å². The molecule has 2 aliphatic rings. The smallest absolute Gasteiger partial charge is 0.139 e. The van der Waals surface area contributed by atoms with Crippen LogP contribution in [-0.4, -0.2) is 64.5 Å². The molecular weight excluding hydrogens is 488 g/mol. The number of amidine groups is 1. The Balaban J connectivity index is 1.23. The Hall–Kier alpha value is -4.01. The Morgan fingerprint density at radius 2 is 1.92 bits per heavy atom. The molecule has 37 heavy (non-hydrogen) atoms. The number of H-pyrrole nitrogens is 1. The molecule has 188 valence electrons. The molecule has 0 amide bonds. The summed E-state index contributed by atoms with van der Waals surface area (Å²) in [6.07, 6.45) is 2.00. The van der Waals surface area contributed by atoms with Crippen LogP contribution >= 0.6 is 11.6 Å². The minimum atomic E-state index is -0.176. The zero-order chi connectivity index (χ0) is 25.6. The van der Waals surface area contributed by atoms with Gasteiger partial charge in [0.2, 0.25) is 0 Å². The molecule has 0 radical (unpaired) electrons. The van der Waals surface area contributed by atoms with Crippen LogP contribution in [0.15, 0.2) is 77.0 Å². The van der Waals surface area contributed by atoms with Crippen LogP contribution in [0.1, 0.15) is 11.1 Å². The molecule has 1 aromatic heterocycles. The number of piperazine rings is 1. The number of quaternary nitrogens is 1. The molecule has 1 fully saturated rings. The third-order valence-electron chi connectivity index (χ3n) is 7.07. The van der Waals surface area contributed by atoms with Gasteiger partial charge in [0.1, 0.15) is 24.7 Å². The molecule has 9 heteroatoms. The highest BCUT2D eigenvalue weighted by atomic mass is 35.5. The molecule has 3 aromatic carbocycles. The molecule has 0 spiro atoms. The van der Waals surface area contributed by atoms with E-state index in [1.54, 1.807) is 18.2 Å². The van der Waals surface area contributed by atoms with Crippen molar-refractivity contribution in [2.45, 2.75) is 6.42 Å². The number of rotatable bonds is 3. The zero-order valence-electron chi connectivity index (χ0n) is 20.4. The van der Waals surface area contributed by atoms with E-state index < -0.39 is 0 Å². The van der Waals surface area contributed by atoms with Crippen LogP contribution in [0, 0.1) is 0 Å². The molecule has 4 aromatic rings. The van der Waals surface area contributed by atoms with E-state index in [1.807, 2.05) is 43.6 Å². The average molecular weight is 515 g/mol. The van der Waals surface area contributed by atoms with Gasteiger partial charge in [0.25, 0.3) is 0 Å². The maximum Gasteiger partial charge on any atom is 0.139 e. The largest absolute Gasteiger partial charge is 0.858 e. The number of aliphatic imine (C=N–C) groups is 1. The Labute approximate surface area is 219 Å². The van der Waals surface area contributed by atoms with E-state index in [-0.39, 0.29) is 18.1 Å². The van der Waals surface area contributed by atoms with Crippen molar-refractivity contribution in [1.29, 1.82) is 0 Å². The predicted octanol–water partition coefficient (Wildman–Crippen LogP) is 4.34. The lowest BCUT2D eigenvalue weighted by Gasteiger charge is -2.39. The Kier molecular flexibility index (Phi) is 5.78. The summed E-state index contributed by atoms with van der Waals surface area (Å²) < 4.78 is 0.318. The topological polar surface area (TPSA) is 99.1 Å². The van der Waals surface area contributed by atoms with E-state index in [0.717, 1.165) is 44.9 Å². The van der Waals surface area contributed by atoms with E-state index >= 15 is 0 Å². The van der Waals surface area contributed by atoms with Crippen molar-refractivity contribution in [2.24, 2.45) is 10.1 Å². The van der Waals surface area contributed by atoms with Crippen molar-refractivity contribution < 1.29 is 14.8 Å². The highest BCUT2D eigenvalue weighted by Crippen LogP contribution is 2.36. The second kappa shape index (κ2) is 9.14. The fourth-order valence-corrected chi connectivity index (χ4v) is 5.20. The lowest BCUT2D eigenvalue weighted by atomic mass is 10.1. The van der Waals surface area contributed by atoms with Crippen molar-refractivity contribution in [3.63, 3.8) is 0 Å². The third kappa shape index (κ3) is 4.61. The molecule has 3 heterocycles. The molecule has 0 bridgehead atoms. The van der Waals surface area contributed by atoms with Crippen LogP contribution < -0.4 is 10.4 Å². The van der Waals surface area contributed by atoms with Gasteiger partial charge in [-0.25, -0.2) is 4.99 Å². The number of aromatic nitrogens is 1. The van der Waals surface area contributed by atoms with Crippen molar-refractivity contribution in [1.82, 2.24) is 9.88 Å². The van der Waals surface area contributed by atoms with E-state index in [0.29, 0.717) is 35.8 Å². The number of aromatic hydroxyl groups is 1. The van der Waals surface area contributed by atoms with Gasteiger partial charge >= 0.3 is 0 Å². The number of hydrogen-bond donors (Lipinski definition) is 3. The maximum atomic E-state index is 13.0. The highest BCUT2D eigenvalue weighted by Gasteiger charge is 2.32. The SMILES string of the molecule is C[N+]1(/N=C(\[O-])Cc2c[nH]c3ccc(O)cc23)CCN(C2=Nc3cc(Cl)ccc3Nc3ccccc32)CC1. The number of benzene rings is 3. The van der Waals surface area contributed by atoms with Crippen LogP contribution in [0.5, 0.6) is 5.75 Å². The number of phenolic OH excluding ortho intramolecular Hbond substituents is 1. The van der Waals surface area contributed by atoms with Gasteiger partial charge in [-0.2, -0.15) is 4.59 Å². The summed E-state index contributed by atoms with van der Waals surface area (Å²) in [6, 6.07) is 18.9. The zero-order valence-corrected chi connectivity index (χ0v) is 21.2. The summed E-state index contributed by atoms with van der Waals surface area (Å²) >= 11 is 6.28. The summed E-state index contributed by atoms with van der Waals surface area (Å²) in [5, 5.41) is 32.4. The first-order chi connectivity index (χ1) is 17.9. The highest BCUT2D eigenvalue weighted by molar-refractivity contribution is 6.31. The first kappa shape index (κ1) is 23.4. The number of anilines is 2. The molecule has 0 atom stereocenters. The summed E-state index contributed by atoms with van der Waals surface area (Å²) in [4.78, 5) is 10.4. The van der Waals surface area contributed by atoms with Crippen LogP contribution in [0.3, 0.4) is 0 Å². The van der Waals surface area contributed by atoms with E-state index in [9.17, 15) is 10.2 Å². The Morgan fingerprint density at radius 1 is 1.11 bits per heavy atom. The van der Waals surface area contributed by atoms with E-state index in [4.69, 9.17) is 16.6 Å². The Morgan fingerprint density at radius 3 is 2.76 bits per heavy atom. The van der Waals surface area contributed by atoms with Gasteiger partial charge in [-0.05, 0) is 54.1 Å². The molecule has 0 aliphatic carbocycles. The molecule has 6 rings (SSSR count). The summed E-state index contributed by atoms with van der Waals surface area (Å²) in [7, 11) is 2.00. The normalized spacial score (nSPS) is 17.0. The number of para-hydroxylation sites is 1. The summed E-state index contributed by atoms with van der Waals surface area (Å²) in [5.74, 6) is 0.890. The predicted molar refractivity (Wildman–Crippen MR) is 146 cm³/mol. The molecule has 2 aliphatic heterocycles. The second-order valence-electron chi connectivity index (χ2n) is 9.75. The molecular formula is C28H27ClN6O2. The maximum absolute atomic E-state index is 13.0. The molecule has 0 saturated carbocycles. The van der Waals surface area contributed by atoms with Crippen molar-refractivity contribution in [3.8, 4) is 5.75 Å². The van der Waals surface area contributed by atoms with Gasteiger partial charge in [0.15, 0.2) is 0 Å². The number of halogens is 1. The number of likely N-dealkylation sites (N-methyl/N-ethyl adjacent to an activating group) is 1. The van der Waals surface area contributed by atoms with Gasteiger partial charge in [0.05, 0.1) is 31.5 Å². The second-order valence-corrected chi connectivity index (χ2v) is 10.2. The van der Waals surface area contributed by atoms with Gasteiger partial charge in [0, 0.05) is 45.7 Å². The first-order valence-corrected chi connectivity index (χ1v) is 12.6. The van der Waals surface area contributed by atoms with Crippen LogP contribution in [0.4, 0.5) is 17.1 Å². The fourth-order valence-electron chi connectivity index (χ4n) is 5.04. The molecule has 1 saturated heterocycles. The molecule has 3 N–H and O–H groups in total. The van der Waals surface area contributed by atoms with Crippen LogP contribution in [0.25, 0.3) is 10.9 Å². The van der Waals surface area contributed by atoms with Gasteiger partial charge in [-0.1, -0.05) is 23.7 Å². The number of nitrogens with zero attached hydrogens (tertiary/aromatic N) is 4. The van der Waals surface area contributed by atoms with Gasteiger partial charge in [-0.15, -0.1) is 5.10 Å². The van der Waals surface area contributed by atoms with E-state index in [1.165, 1.54) is 0 Å². The number of fused-ring (bicyclic) bond motifs is 3. The van der Waals surface area contributed by atoms with Crippen LogP contribution in [-0.2, 0) is 6.42 Å². The number of phenols is 1. The average Bonchev–Trinajstić information content (AvgIpc) is 3.18. The monoisotopic (exact) mass is 514 g/mol. The first-order valence-electron chi connectivity index (χ1n) is 12.3. The van der Waals surface area contributed by atoms with Crippen molar-refractivity contribution in [2.75, 3.05) is 38.5 Å². The van der Waals surface area contributed by atoms with Gasteiger partial charge < -0.3 is 25.4 Å². The van der Waals surface area contributed by atoms with Crippen LogP contribution in [0.2, 0.25) is 5.02 Å².